The lowest BCUT2D eigenvalue weighted by Crippen LogP contribution is -2.52. The van der Waals surface area contributed by atoms with Crippen molar-refractivity contribution in [2.45, 2.75) is 31.7 Å². The molecular weight excluding hydrogens is 541 g/mol. The number of hydrogen-bond donors (Lipinski definition) is 1. The van der Waals surface area contributed by atoms with E-state index in [1.165, 1.54) is 5.56 Å². The van der Waals surface area contributed by atoms with E-state index in [2.05, 4.69) is 39.3 Å². The Morgan fingerprint density at radius 2 is 1.97 bits per heavy atom. The van der Waals surface area contributed by atoms with Gasteiger partial charge in [0.1, 0.15) is 6.26 Å². The molecule has 2 aliphatic rings. The monoisotopic (exact) mass is 573 g/mol. The molecule has 176 valence electrons. The number of benzene rings is 1. The first-order chi connectivity index (χ1) is 15.2. The highest BCUT2D eigenvalue weighted by Gasteiger charge is 2.35. The number of nitrogens with one attached hydrogen (secondary N) is 1. The summed E-state index contributed by atoms with van der Waals surface area (Å²) < 4.78 is 10.6. The Labute approximate surface area is 212 Å². The van der Waals surface area contributed by atoms with Gasteiger partial charge in [-0.25, -0.2) is 0 Å². The highest BCUT2D eigenvalue weighted by atomic mass is 127. The van der Waals surface area contributed by atoms with Crippen molar-refractivity contribution in [2.24, 2.45) is 4.99 Å². The summed E-state index contributed by atoms with van der Waals surface area (Å²) in [6.45, 7) is 9.90. The molecule has 3 heterocycles. The van der Waals surface area contributed by atoms with Gasteiger partial charge in [0, 0.05) is 69.0 Å². The molecule has 0 atom stereocenters. The van der Waals surface area contributed by atoms with Crippen molar-refractivity contribution in [3.8, 4) is 0 Å². The number of piperazine rings is 1. The standard InChI is InChI=1S/C23H32ClN5O2.HI/c1-2-25-22(29-11-9-28(10-12-29)17-21-6-13-31-27-21)26-18-23(7-14-30-15-8-23)19-4-3-5-20(24)16-19;/h3-6,13,16H,2,7-12,14-15,17-18H2,1H3,(H,25,26);1H. The summed E-state index contributed by atoms with van der Waals surface area (Å²) in [5.41, 5.74) is 2.22. The molecule has 1 aromatic carbocycles. The van der Waals surface area contributed by atoms with Crippen LogP contribution in [0.2, 0.25) is 5.02 Å². The summed E-state index contributed by atoms with van der Waals surface area (Å²) in [5.74, 6) is 0.997. The Bertz CT molecular complexity index is 850. The first kappa shape index (κ1) is 25.3. The van der Waals surface area contributed by atoms with Crippen LogP contribution in [0.4, 0.5) is 0 Å². The number of guanidine groups is 1. The zero-order valence-corrected chi connectivity index (χ0v) is 21.7. The Hall–Kier alpha value is -1.36. The summed E-state index contributed by atoms with van der Waals surface area (Å²) in [4.78, 5) is 9.90. The van der Waals surface area contributed by atoms with Gasteiger partial charge in [0.15, 0.2) is 5.96 Å². The molecule has 32 heavy (non-hydrogen) atoms. The van der Waals surface area contributed by atoms with E-state index in [0.717, 1.165) is 88.5 Å². The number of halogens is 2. The van der Waals surface area contributed by atoms with Crippen LogP contribution in [0.5, 0.6) is 0 Å². The third-order valence-corrected chi connectivity index (χ3v) is 6.54. The van der Waals surface area contributed by atoms with Crippen LogP contribution in [0, 0.1) is 0 Å². The van der Waals surface area contributed by atoms with Gasteiger partial charge < -0.3 is 19.5 Å². The molecule has 0 amide bonds. The molecule has 7 nitrogen and oxygen atoms in total. The molecule has 4 rings (SSSR count). The quantitative estimate of drug-likeness (QED) is 0.322. The second-order valence-electron chi connectivity index (χ2n) is 8.33. The molecule has 0 saturated carbocycles. The minimum absolute atomic E-state index is 0. The summed E-state index contributed by atoms with van der Waals surface area (Å²) in [6, 6.07) is 10.2. The summed E-state index contributed by atoms with van der Waals surface area (Å²) in [5, 5.41) is 8.32. The van der Waals surface area contributed by atoms with Crippen LogP contribution in [0.1, 0.15) is 31.0 Å². The van der Waals surface area contributed by atoms with E-state index >= 15 is 0 Å². The van der Waals surface area contributed by atoms with Crippen molar-refractivity contribution in [1.82, 2.24) is 20.3 Å². The number of aliphatic imine (C=N–C) groups is 1. The van der Waals surface area contributed by atoms with E-state index in [1.54, 1.807) is 6.26 Å². The van der Waals surface area contributed by atoms with Crippen LogP contribution >= 0.6 is 35.6 Å². The number of aromatic nitrogens is 1. The molecule has 2 aliphatic heterocycles. The molecule has 0 aliphatic carbocycles. The van der Waals surface area contributed by atoms with E-state index in [1.807, 2.05) is 18.2 Å². The van der Waals surface area contributed by atoms with E-state index in [9.17, 15) is 0 Å². The van der Waals surface area contributed by atoms with Crippen LogP contribution in [-0.2, 0) is 16.7 Å². The van der Waals surface area contributed by atoms with Crippen molar-refractivity contribution < 1.29 is 9.26 Å². The van der Waals surface area contributed by atoms with E-state index in [0.29, 0.717) is 0 Å². The zero-order valence-electron chi connectivity index (χ0n) is 18.6. The lowest BCUT2D eigenvalue weighted by Gasteiger charge is -2.39. The van der Waals surface area contributed by atoms with Crippen molar-refractivity contribution in [3.63, 3.8) is 0 Å². The fourth-order valence-electron chi connectivity index (χ4n) is 4.44. The predicted octanol–water partition coefficient (Wildman–Crippen LogP) is 3.78. The molecule has 1 N–H and O–H groups in total. The third-order valence-electron chi connectivity index (χ3n) is 6.30. The largest absolute Gasteiger partial charge is 0.381 e. The van der Waals surface area contributed by atoms with Gasteiger partial charge in [-0.15, -0.1) is 24.0 Å². The highest BCUT2D eigenvalue weighted by molar-refractivity contribution is 14.0. The summed E-state index contributed by atoms with van der Waals surface area (Å²) in [6.07, 6.45) is 3.55. The highest BCUT2D eigenvalue weighted by Crippen LogP contribution is 2.36. The molecule has 0 unspecified atom stereocenters. The second-order valence-corrected chi connectivity index (χ2v) is 8.76. The topological polar surface area (TPSA) is 66.1 Å². The molecule has 2 saturated heterocycles. The average Bonchev–Trinajstić information content (AvgIpc) is 3.31. The Morgan fingerprint density at radius 1 is 1.19 bits per heavy atom. The van der Waals surface area contributed by atoms with Crippen LogP contribution in [0.3, 0.4) is 0 Å². The van der Waals surface area contributed by atoms with Crippen molar-refractivity contribution >= 4 is 41.5 Å². The maximum Gasteiger partial charge on any atom is 0.194 e. The number of nitrogens with zero attached hydrogens (tertiary/aromatic N) is 4. The maximum absolute atomic E-state index is 6.32. The second kappa shape index (κ2) is 12.2. The van der Waals surface area contributed by atoms with Gasteiger partial charge in [-0.2, -0.15) is 0 Å². The van der Waals surface area contributed by atoms with Gasteiger partial charge in [-0.1, -0.05) is 28.9 Å². The predicted molar refractivity (Wildman–Crippen MR) is 138 cm³/mol. The molecule has 0 radical (unpaired) electrons. The fraction of sp³-hybridized carbons (Fsp3) is 0.565. The SMILES string of the molecule is CCNC(=NCC1(c2cccc(Cl)c2)CCOCC1)N1CCN(Cc2ccon2)CC1.I. The third kappa shape index (κ3) is 6.36. The Balaban J connectivity index is 0.00000289. The van der Waals surface area contributed by atoms with E-state index in [-0.39, 0.29) is 29.4 Å². The molecule has 1 aromatic heterocycles. The summed E-state index contributed by atoms with van der Waals surface area (Å²) in [7, 11) is 0. The van der Waals surface area contributed by atoms with Gasteiger partial charge in [0.25, 0.3) is 0 Å². The fourth-order valence-corrected chi connectivity index (χ4v) is 4.63. The molecule has 0 bridgehead atoms. The normalized spacial score (nSPS) is 19.4. The van der Waals surface area contributed by atoms with Gasteiger partial charge in [0.05, 0.1) is 12.2 Å². The minimum Gasteiger partial charge on any atom is -0.381 e. The van der Waals surface area contributed by atoms with Crippen molar-refractivity contribution in [1.29, 1.82) is 0 Å². The first-order valence-electron chi connectivity index (χ1n) is 11.2. The van der Waals surface area contributed by atoms with Gasteiger partial charge in [0.2, 0.25) is 0 Å². The van der Waals surface area contributed by atoms with Gasteiger partial charge in [-0.3, -0.25) is 9.89 Å². The van der Waals surface area contributed by atoms with Gasteiger partial charge in [-0.05, 0) is 37.5 Å². The van der Waals surface area contributed by atoms with Crippen LogP contribution in [0.25, 0.3) is 0 Å². The summed E-state index contributed by atoms with van der Waals surface area (Å²) >= 11 is 6.32. The number of hydrogen-bond acceptors (Lipinski definition) is 5. The molecule has 2 aromatic rings. The van der Waals surface area contributed by atoms with E-state index in [4.69, 9.17) is 25.9 Å². The zero-order chi connectivity index (χ0) is 21.5. The smallest absolute Gasteiger partial charge is 0.194 e. The van der Waals surface area contributed by atoms with Gasteiger partial charge >= 0.3 is 0 Å². The Morgan fingerprint density at radius 3 is 2.62 bits per heavy atom. The van der Waals surface area contributed by atoms with Crippen LogP contribution in [0.15, 0.2) is 46.1 Å². The molecule has 0 spiro atoms. The Kier molecular flexibility index (Phi) is 9.63. The van der Waals surface area contributed by atoms with E-state index < -0.39 is 0 Å². The minimum atomic E-state index is -0.0292. The molecular formula is C23H33ClIN5O2. The first-order valence-corrected chi connectivity index (χ1v) is 11.5. The van der Waals surface area contributed by atoms with Crippen LogP contribution in [-0.4, -0.2) is 73.4 Å². The lowest BCUT2D eigenvalue weighted by molar-refractivity contribution is 0.0529. The molecule has 9 heteroatoms. The number of ether oxygens (including phenoxy) is 1. The van der Waals surface area contributed by atoms with Crippen molar-refractivity contribution in [3.05, 3.63) is 52.9 Å². The lowest BCUT2D eigenvalue weighted by atomic mass is 9.74. The van der Waals surface area contributed by atoms with Crippen LogP contribution < -0.4 is 5.32 Å². The number of rotatable bonds is 6. The average molecular weight is 574 g/mol. The maximum atomic E-state index is 6.32. The molecule has 2 fully saturated rings. The van der Waals surface area contributed by atoms with Crippen molar-refractivity contribution in [2.75, 3.05) is 52.5 Å².